The van der Waals surface area contributed by atoms with Gasteiger partial charge in [0.05, 0.1) is 19.1 Å². The Balaban J connectivity index is 1.61. The van der Waals surface area contributed by atoms with Crippen LogP contribution in [0.4, 0.5) is 0 Å². The first kappa shape index (κ1) is 13.5. The lowest BCUT2D eigenvalue weighted by molar-refractivity contribution is -0.257. The number of esters is 1. The summed E-state index contributed by atoms with van der Waals surface area (Å²) >= 11 is 0. The Labute approximate surface area is 117 Å². The first-order valence-electron chi connectivity index (χ1n) is 6.82. The fourth-order valence-corrected chi connectivity index (χ4v) is 2.71. The monoisotopic (exact) mass is 278 g/mol. The Morgan fingerprint density at radius 3 is 2.85 bits per heavy atom. The summed E-state index contributed by atoms with van der Waals surface area (Å²) in [7, 11) is 0. The minimum atomic E-state index is -0.939. The van der Waals surface area contributed by atoms with Crippen LogP contribution in [-0.2, 0) is 25.6 Å². The highest BCUT2D eigenvalue weighted by molar-refractivity contribution is 5.75. The quantitative estimate of drug-likeness (QED) is 0.839. The average Bonchev–Trinajstić information content (AvgIpc) is 2.76. The molecule has 0 spiro atoms. The summed E-state index contributed by atoms with van der Waals surface area (Å²) in [5.41, 5.74) is 1.00. The Bertz CT molecular complexity index is 474. The smallest absolute Gasteiger partial charge is 0.309 e. The number of fused-ring (bicyclic) bond motifs is 1. The highest BCUT2D eigenvalue weighted by atomic mass is 16.7. The number of aliphatic hydroxyl groups excluding tert-OH is 1. The van der Waals surface area contributed by atoms with Gasteiger partial charge in [-0.2, -0.15) is 0 Å². The average molecular weight is 278 g/mol. The summed E-state index contributed by atoms with van der Waals surface area (Å²) < 4.78 is 16.4. The second kappa shape index (κ2) is 5.52. The molecule has 1 N–H and O–H groups in total. The molecule has 0 aromatic heterocycles. The van der Waals surface area contributed by atoms with Crippen molar-refractivity contribution < 1.29 is 24.1 Å². The van der Waals surface area contributed by atoms with Gasteiger partial charge in [0.25, 0.3) is 0 Å². The standard InChI is InChI=1S/C15H18O5/c1-9-11-8-19-15(12(16)13(11)20-14(9)17)18-7-10-5-3-2-4-6-10/h2-6,9,11-13,15-16H,7-8H2,1H3/t9-,11-,12-,13+,15-/m0/s1. The number of hydrogen-bond donors (Lipinski definition) is 1. The number of hydrogen-bond acceptors (Lipinski definition) is 5. The first-order chi connectivity index (χ1) is 9.66. The molecule has 0 bridgehead atoms. The molecule has 20 heavy (non-hydrogen) atoms. The van der Waals surface area contributed by atoms with Crippen LogP contribution < -0.4 is 0 Å². The van der Waals surface area contributed by atoms with Gasteiger partial charge in [0.15, 0.2) is 6.29 Å². The van der Waals surface area contributed by atoms with Gasteiger partial charge >= 0.3 is 5.97 Å². The van der Waals surface area contributed by atoms with Gasteiger partial charge in [-0.25, -0.2) is 0 Å². The molecule has 5 heteroatoms. The van der Waals surface area contributed by atoms with E-state index in [4.69, 9.17) is 14.2 Å². The predicted molar refractivity (Wildman–Crippen MR) is 69.5 cm³/mol. The molecule has 2 fully saturated rings. The number of carbonyl (C=O) groups is 1. The first-order valence-corrected chi connectivity index (χ1v) is 6.82. The molecule has 108 valence electrons. The molecule has 2 saturated heterocycles. The minimum Gasteiger partial charge on any atom is -0.459 e. The van der Waals surface area contributed by atoms with Crippen LogP contribution in [0.15, 0.2) is 30.3 Å². The molecular weight excluding hydrogens is 260 g/mol. The molecule has 1 aromatic carbocycles. The van der Waals surface area contributed by atoms with E-state index in [1.807, 2.05) is 30.3 Å². The lowest BCUT2D eigenvalue weighted by Gasteiger charge is -2.35. The van der Waals surface area contributed by atoms with E-state index in [2.05, 4.69) is 0 Å². The Kier molecular flexibility index (Phi) is 3.74. The van der Waals surface area contributed by atoms with Crippen molar-refractivity contribution in [1.29, 1.82) is 0 Å². The molecule has 2 heterocycles. The minimum absolute atomic E-state index is 0.0888. The van der Waals surface area contributed by atoms with Crippen molar-refractivity contribution in [2.45, 2.75) is 32.0 Å². The molecule has 5 atom stereocenters. The highest BCUT2D eigenvalue weighted by Gasteiger charge is 2.51. The van der Waals surface area contributed by atoms with E-state index in [0.29, 0.717) is 13.2 Å². The fraction of sp³-hybridized carbons (Fsp3) is 0.533. The molecule has 0 amide bonds. The van der Waals surface area contributed by atoms with E-state index in [1.165, 1.54) is 0 Å². The molecule has 2 aliphatic heterocycles. The van der Waals surface area contributed by atoms with Crippen molar-refractivity contribution in [3.8, 4) is 0 Å². The van der Waals surface area contributed by atoms with Gasteiger partial charge in [-0.3, -0.25) is 4.79 Å². The third-order valence-electron chi connectivity index (χ3n) is 4.01. The van der Waals surface area contributed by atoms with Crippen molar-refractivity contribution >= 4 is 5.97 Å². The molecule has 0 aliphatic carbocycles. The summed E-state index contributed by atoms with van der Waals surface area (Å²) in [4.78, 5) is 11.5. The SMILES string of the molecule is C[C@@H]1C(=O)O[C@H]2[C@H](O)[C@@H](OCc3ccccc3)OC[C@H]21. The van der Waals surface area contributed by atoms with Crippen molar-refractivity contribution in [3.05, 3.63) is 35.9 Å². The van der Waals surface area contributed by atoms with Crippen LogP contribution in [0, 0.1) is 11.8 Å². The summed E-state index contributed by atoms with van der Waals surface area (Å²) in [6.07, 6.45) is -2.21. The van der Waals surface area contributed by atoms with Crippen LogP contribution in [0.25, 0.3) is 0 Å². The zero-order valence-electron chi connectivity index (χ0n) is 11.3. The molecular formula is C15H18O5. The lowest BCUT2D eigenvalue weighted by atomic mass is 9.88. The van der Waals surface area contributed by atoms with Crippen LogP contribution in [0.3, 0.4) is 0 Å². The van der Waals surface area contributed by atoms with Gasteiger partial charge < -0.3 is 19.3 Å². The Morgan fingerprint density at radius 1 is 1.35 bits per heavy atom. The van der Waals surface area contributed by atoms with E-state index in [-0.39, 0.29) is 17.8 Å². The van der Waals surface area contributed by atoms with E-state index >= 15 is 0 Å². The Morgan fingerprint density at radius 2 is 2.10 bits per heavy atom. The van der Waals surface area contributed by atoms with Crippen LogP contribution in [-0.4, -0.2) is 36.2 Å². The zero-order valence-corrected chi connectivity index (χ0v) is 11.3. The van der Waals surface area contributed by atoms with Gasteiger partial charge in [-0.05, 0) is 5.56 Å². The third kappa shape index (κ3) is 2.44. The summed E-state index contributed by atoms with van der Waals surface area (Å²) in [5, 5.41) is 10.2. The van der Waals surface area contributed by atoms with Crippen LogP contribution in [0.2, 0.25) is 0 Å². The van der Waals surface area contributed by atoms with E-state index in [0.717, 1.165) is 5.56 Å². The normalized spacial score (nSPS) is 36.5. The van der Waals surface area contributed by atoms with Gasteiger partial charge in [-0.15, -0.1) is 0 Å². The number of ether oxygens (including phenoxy) is 3. The highest BCUT2D eigenvalue weighted by Crippen LogP contribution is 2.35. The number of rotatable bonds is 3. The number of benzene rings is 1. The van der Waals surface area contributed by atoms with Crippen molar-refractivity contribution in [2.24, 2.45) is 11.8 Å². The molecule has 2 aliphatic rings. The summed E-state index contributed by atoms with van der Waals surface area (Å²) in [6, 6.07) is 9.66. The molecule has 0 saturated carbocycles. The van der Waals surface area contributed by atoms with E-state index < -0.39 is 18.5 Å². The second-order valence-electron chi connectivity index (χ2n) is 5.34. The molecule has 1 aromatic rings. The topological polar surface area (TPSA) is 65.0 Å². The molecule has 3 rings (SSSR count). The van der Waals surface area contributed by atoms with Crippen LogP contribution >= 0.6 is 0 Å². The summed E-state index contributed by atoms with van der Waals surface area (Å²) in [5.74, 6) is -0.592. The van der Waals surface area contributed by atoms with E-state index in [9.17, 15) is 9.90 Å². The van der Waals surface area contributed by atoms with Gasteiger partial charge in [0.2, 0.25) is 0 Å². The fourth-order valence-electron chi connectivity index (χ4n) is 2.71. The van der Waals surface area contributed by atoms with Crippen molar-refractivity contribution in [2.75, 3.05) is 6.61 Å². The maximum atomic E-state index is 11.5. The summed E-state index contributed by atoms with van der Waals surface area (Å²) in [6.45, 7) is 2.52. The molecule has 0 radical (unpaired) electrons. The number of carbonyl (C=O) groups excluding carboxylic acids is 1. The van der Waals surface area contributed by atoms with Crippen LogP contribution in [0.1, 0.15) is 12.5 Å². The van der Waals surface area contributed by atoms with Crippen molar-refractivity contribution in [1.82, 2.24) is 0 Å². The number of aliphatic hydroxyl groups is 1. The van der Waals surface area contributed by atoms with Crippen LogP contribution in [0.5, 0.6) is 0 Å². The third-order valence-corrected chi connectivity index (χ3v) is 4.01. The second-order valence-corrected chi connectivity index (χ2v) is 5.34. The van der Waals surface area contributed by atoms with Gasteiger partial charge in [0, 0.05) is 5.92 Å². The van der Waals surface area contributed by atoms with Gasteiger partial charge in [0.1, 0.15) is 12.2 Å². The molecule has 0 unspecified atom stereocenters. The lowest BCUT2D eigenvalue weighted by Crippen LogP contribution is -2.50. The zero-order chi connectivity index (χ0) is 14.1. The van der Waals surface area contributed by atoms with Gasteiger partial charge in [-0.1, -0.05) is 37.3 Å². The largest absolute Gasteiger partial charge is 0.459 e. The predicted octanol–water partition coefficient (Wildman–Crippen LogP) is 1.10. The van der Waals surface area contributed by atoms with E-state index in [1.54, 1.807) is 6.92 Å². The molecule has 5 nitrogen and oxygen atoms in total. The maximum Gasteiger partial charge on any atom is 0.309 e. The Hall–Kier alpha value is -1.43. The van der Waals surface area contributed by atoms with Crippen molar-refractivity contribution in [3.63, 3.8) is 0 Å². The maximum absolute atomic E-state index is 11.5.